The van der Waals surface area contributed by atoms with Gasteiger partial charge in [-0.25, -0.2) is 4.39 Å². The molecule has 0 heterocycles. The van der Waals surface area contributed by atoms with Crippen molar-refractivity contribution in [3.63, 3.8) is 0 Å². The Balaban J connectivity index is 3.04. The number of alkyl halides is 4. The van der Waals surface area contributed by atoms with Crippen molar-refractivity contribution in [1.82, 2.24) is 0 Å². The fourth-order valence-corrected chi connectivity index (χ4v) is 1.54. The molecule has 1 aromatic carbocycles. The van der Waals surface area contributed by atoms with Gasteiger partial charge in [0.05, 0.1) is 0 Å². The molecule has 0 bridgehead atoms. The van der Waals surface area contributed by atoms with Crippen molar-refractivity contribution < 1.29 is 27.0 Å². The van der Waals surface area contributed by atoms with Crippen LogP contribution < -0.4 is 15.2 Å². The quantitative estimate of drug-likeness (QED) is 0.846. The molecule has 0 aliphatic rings. The molecule has 1 atom stereocenters. The van der Waals surface area contributed by atoms with Crippen LogP contribution in [0, 0.1) is 0 Å². The highest BCUT2D eigenvalue weighted by Crippen LogP contribution is 2.33. The van der Waals surface area contributed by atoms with Crippen LogP contribution in [0.1, 0.15) is 26.3 Å². The molecule has 0 aromatic heterocycles. The first-order chi connectivity index (χ1) is 9.51. The average molecular weight is 309 g/mol. The van der Waals surface area contributed by atoms with E-state index in [-0.39, 0.29) is 18.9 Å². The Morgan fingerprint density at radius 1 is 1.10 bits per heavy atom. The zero-order valence-electron chi connectivity index (χ0n) is 12.1. The highest BCUT2D eigenvalue weighted by atomic mass is 19.4. The van der Waals surface area contributed by atoms with Crippen molar-refractivity contribution in [1.29, 1.82) is 0 Å². The summed E-state index contributed by atoms with van der Waals surface area (Å²) in [6.45, 7) is 4.96. The number of benzene rings is 1. The maximum absolute atomic E-state index is 13.1. The highest BCUT2D eigenvalue weighted by molar-refractivity contribution is 5.41. The van der Waals surface area contributed by atoms with E-state index in [0.29, 0.717) is 5.56 Å². The van der Waals surface area contributed by atoms with Crippen LogP contribution in [0.25, 0.3) is 0 Å². The van der Waals surface area contributed by atoms with Crippen molar-refractivity contribution in [3.05, 3.63) is 23.8 Å². The van der Waals surface area contributed by atoms with E-state index in [2.05, 4.69) is 4.74 Å². The van der Waals surface area contributed by atoms with Gasteiger partial charge >= 0.3 is 6.36 Å². The Hall–Kier alpha value is -1.50. The van der Waals surface area contributed by atoms with Crippen LogP contribution in [0.5, 0.6) is 11.5 Å². The lowest BCUT2D eigenvalue weighted by atomic mass is 9.87. The van der Waals surface area contributed by atoms with E-state index in [0.717, 1.165) is 6.07 Å². The van der Waals surface area contributed by atoms with Gasteiger partial charge in [-0.15, -0.1) is 13.2 Å². The van der Waals surface area contributed by atoms with Gasteiger partial charge in [-0.1, -0.05) is 20.8 Å². The lowest BCUT2D eigenvalue weighted by Crippen LogP contribution is -2.23. The summed E-state index contributed by atoms with van der Waals surface area (Å²) in [5.41, 5.74) is 5.29. The molecule has 0 amide bonds. The molecule has 0 aliphatic heterocycles. The van der Waals surface area contributed by atoms with Crippen LogP contribution in [0.4, 0.5) is 17.6 Å². The summed E-state index contributed by atoms with van der Waals surface area (Å²) >= 11 is 0. The number of hydrogen-bond donors (Lipinski definition) is 1. The van der Waals surface area contributed by atoms with Gasteiger partial charge in [0.1, 0.15) is 24.3 Å². The first-order valence-electron chi connectivity index (χ1n) is 6.39. The average Bonchev–Trinajstić information content (AvgIpc) is 2.32. The Kier molecular flexibility index (Phi) is 5.44. The largest absolute Gasteiger partial charge is 0.573 e. The highest BCUT2D eigenvalue weighted by Gasteiger charge is 2.32. The number of rotatable bonds is 5. The van der Waals surface area contributed by atoms with Gasteiger partial charge in [-0.05, 0) is 23.1 Å². The Bertz CT molecular complexity index is 469. The molecule has 0 fully saturated rings. The van der Waals surface area contributed by atoms with Crippen molar-refractivity contribution >= 4 is 0 Å². The van der Waals surface area contributed by atoms with E-state index in [4.69, 9.17) is 10.5 Å². The summed E-state index contributed by atoms with van der Waals surface area (Å²) in [7, 11) is 0. The minimum atomic E-state index is -4.80. The summed E-state index contributed by atoms with van der Waals surface area (Å²) in [5.74, 6) is -0.286. The fraction of sp³-hybridized carbons (Fsp3) is 0.571. The van der Waals surface area contributed by atoms with Crippen molar-refractivity contribution in [2.75, 3.05) is 13.2 Å². The van der Waals surface area contributed by atoms with Gasteiger partial charge < -0.3 is 15.2 Å². The lowest BCUT2D eigenvalue weighted by Gasteiger charge is -2.22. The third-order valence-electron chi connectivity index (χ3n) is 2.67. The van der Waals surface area contributed by atoms with Gasteiger partial charge in [-0.2, -0.15) is 0 Å². The second-order valence-corrected chi connectivity index (χ2v) is 5.63. The maximum Gasteiger partial charge on any atom is 0.573 e. The molecule has 1 rings (SSSR count). The predicted molar refractivity (Wildman–Crippen MR) is 71.3 cm³/mol. The standard InChI is InChI=1S/C14H19F4NO2/c1-13(2,3)9-4-11(20-8-10(15)7-19)6-12(5-9)21-14(16,17)18/h4-6,10H,7-8,19H2,1-3H3/t10-/m1/s1. The van der Waals surface area contributed by atoms with Crippen molar-refractivity contribution in [3.8, 4) is 11.5 Å². The normalized spacial score (nSPS) is 13.9. The van der Waals surface area contributed by atoms with Crippen molar-refractivity contribution in [2.24, 2.45) is 5.73 Å². The maximum atomic E-state index is 13.1. The molecule has 0 radical (unpaired) electrons. The summed E-state index contributed by atoms with van der Waals surface area (Å²) in [6.07, 6.45) is -6.18. The van der Waals surface area contributed by atoms with Gasteiger partial charge in [0, 0.05) is 12.6 Å². The van der Waals surface area contributed by atoms with Crippen molar-refractivity contribution in [2.45, 2.75) is 38.7 Å². The summed E-state index contributed by atoms with van der Waals surface area (Å²) in [5, 5.41) is 0. The molecule has 21 heavy (non-hydrogen) atoms. The number of ether oxygens (including phenoxy) is 2. The lowest BCUT2D eigenvalue weighted by molar-refractivity contribution is -0.274. The van der Waals surface area contributed by atoms with Crippen LogP contribution in [0.2, 0.25) is 0 Å². The second-order valence-electron chi connectivity index (χ2n) is 5.63. The predicted octanol–water partition coefficient (Wildman–Crippen LogP) is 3.56. The Morgan fingerprint density at radius 3 is 2.14 bits per heavy atom. The zero-order valence-corrected chi connectivity index (χ0v) is 12.1. The Morgan fingerprint density at radius 2 is 1.67 bits per heavy atom. The van der Waals surface area contributed by atoms with Crippen LogP contribution in [-0.2, 0) is 5.41 Å². The first kappa shape index (κ1) is 17.6. The molecule has 2 N–H and O–H groups in total. The number of halogens is 4. The third kappa shape index (κ3) is 6.20. The molecule has 0 unspecified atom stereocenters. The fourth-order valence-electron chi connectivity index (χ4n) is 1.54. The molecule has 0 saturated carbocycles. The molecular formula is C14H19F4NO2. The smallest absolute Gasteiger partial charge is 0.490 e. The number of hydrogen-bond acceptors (Lipinski definition) is 3. The summed E-state index contributed by atoms with van der Waals surface area (Å²) < 4.78 is 59.1. The molecule has 0 spiro atoms. The molecule has 0 aliphatic carbocycles. The zero-order chi connectivity index (χ0) is 16.3. The molecule has 120 valence electrons. The van der Waals surface area contributed by atoms with E-state index in [1.54, 1.807) is 6.07 Å². The monoisotopic (exact) mass is 309 g/mol. The second kappa shape index (κ2) is 6.51. The third-order valence-corrected chi connectivity index (χ3v) is 2.67. The van der Waals surface area contributed by atoms with Crippen LogP contribution in [-0.4, -0.2) is 25.7 Å². The topological polar surface area (TPSA) is 44.5 Å². The molecule has 1 aromatic rings. The molecular weight excluding hydrogens is 290 g/mol. The van der Waals surface area contributed by atoms with Gasteiger partial charge in [0.15, 0.2) is 0 Å². The SMILES string of the molecule is CC(C)(C)c1cc(OC[C@H](F)CN)cc(OC(F)(F)F)c1. The van der Waals surface area contributed by atoms with Gasteiger partial charge in [0.2, 0.25) is 0 Å². The van der Waals surface area contributed by atoms with E-state index in [1.807, 2.05) is 20.8 Å². The summed E-state index contributed by atoms with van der Waals surface area (Å²) in [4.78, 5) is 0. The van der Waals surface area contributed by atoms with Crippen LogP contribution in [0.3, 0.4) is 0 Å². The van der Waals surface area contributed by atoms with Gasteiger partial charge in [0.25, 0.3) is 0 Å². The van der Waals surface area contributed by atoms with Gasteiger partial charge in [-0.3, -0.25) is 0 Å². The van der Waals surface area contributed by atoms with Crippen LogP contribution >= 0.6 is 0 Å². The van der Waals surface area contributed by atoms with Crippen LogP contribution in [0.15, 0.2) is 18.2 Å². The molecule has 0 saturated heterocycles. The van der Waals surface area contributed by atoms with E-state index < -0.39 is 23.7 Å². The minimum Gasteiger partial charge on any atom is -0.490 e. The molecule has 7 heteroatoms. The van der Waals surface area contributed by atoms with E-state index >= 15 is 0 Å². The number of nitrogens with two attached hydrogens (primary N) is 1. The van der Waals surface area contributed by atoms with E-state index in [1.165, 1.54) is 6.07 Å². The summed E-state index contributed by atoms with van der Waals surface area (Å²) in [6, 6.07) is 3.93. The first-order valence-corrected chi connectivity index (χ1v) is 6.39. The minimum absolute atomic E-state index is 0.109. The molecule has 3 nitrogen and oxygen atoms in total. The Labute approximate surface area is 121 Å². The van der Waals surface area contributed by atoms with E-state index in [9.17, 15) is 17.6 Å².